The van der Waals surface area contributed by atoms with Crippen molar-refractivity contribution in [2.24, 2.45) is 0 Å². The lowest BCUT2D eigenvalue weighted by molar-refractivity contribution is -0.118. The Balaban J connectivity index is 1.50. The van der Waals surface area contributed by atoms with E-state index < -0.39 is 0 Å². The Hall–Kier alpha value is -4.52. The molecule has 0 aromatic heterocycles. The van der Waals surface area contributed by atoms with Crippen molar-refractivity contribution < 1.29 is 23.8 Å². The fourth-order valence-electron chi connectivity index (χ4n) is 3.61. The van der Waals surface area contributed by atoms with Crippen molar-refractivity contribution in [3.8, 4) is 17.2 Å². The van der Waals surface area contributed by atoms with Gasteiger partial charge >= 0.3 is 0 Å². The Bertz CT molecular complexity index is 1320. The van der Waals surface area contributed by atoms with Crippen LogP contribution < -0.4 is 24.8 Å². The number of rotatable bonds is 9. The maximum Gasteiger partial charge on any atom is 0.262 e. The summed E-state index contributed by atoms with van der Waals surface area (Å²) in [7, 11) is 3.07. The average molecular weight is 471 g/mol. The third-order valence-corrected chi connectivity index (χ3v) is 5.38. The van der Waals surface area contributed by atoms with Crippen LogP contribution in [0, 0.1) is 0 Å². The largest absolute Gasteiger partial charge is 0.497 e. The molecule has 0 spiro atoms. The summed E-state index contributed by atoms with van der Waals surface area (Å²) >= 11 is 0. The molecule has 0 unspecified atom stereocenters. The topological polar surface area (TPSA) is 85.9 Å². The number of ether oxygens (including phenoxy) is 3. The van der Waals surface area contributed by atoms with E-state index in [1.165, 1.54) is 14.2 Å². The molecule has 2 amide bonds. The zero-order valence-corrected chi connectivity index (χ0v) is 19.5. The predicted octanol–water partition coefficient (Wildman–Crippen LogP) is 4.80. The van der Waals surface area contributed by atoms with Crippen molar-refractivity contribution >= 4 is 28.3 Å². The molecule has 7 heteroatoms. The fraction of sp³-hybridized carbons (Fsp3) is 0.143. The first kappa shape index (κ1) is 23.6. The van der Waals surface area contributed by atoms with Crippen LogP contribution in [0.2, 0.25) is 0 Å². The number of hydrogen-bond acceptors (Lipinski definition) is 5. The van der Waals surface area contributed by atoms with E-state index in [-0.39, 0.29) is 18.4 Å². The van der Waals surface area contributed by atoms with E-state index in [1.807, 2.05) is 54.6 Å². The van der Waals surface area contributed by atoms with Crippen LogP contribution in [-0.4, -0.2) is 32.6 Å². The number of fused-ring (bicyclic) bond motifs is 1. The Morgan fingerprint density at radius 3 is 2.06 bits per heavy atom. The highest BCUT2D eigenvalue weighted by Gasteiger charge is 2.16. The second-order valence-electron chi connectivity index (χ2n) is 7.80. The highest BCUT2D eigenvalue weighted by atomic mass is 16.5. The molecular formula is C28H26N2O5. The lowest BCUT2D eigenvalue weighted by atomic mass is 10.1. The Kier molecular flexibility index (Phi) is 7.47. The van der Waals surface area contributed by atoms with Gasteiger partial charge in [-0.15, -0.1) is 0 Å². The molecule has 7 nitrogen and oxygen atoms in total. The summed E-state index contributed by atoms with van der Waals surface area (Å²) in [5, 5.41) is 7.50. The van der Waals surface area contributed by atoms with E-state index in [1.54, 1.807) is 30.3 Å². The van der Waals surface area contributed by atoms with Gasteiger partial charge in [0.15, 0.2) is 6.61 Å². The quantitative estimate of drug-likeness (QED) is 0.367. The van der Waals surface area contributed by atoms with Gasteiger partial charge in [0.1, 0.15) is 17.2 Å². The third kappa shape index (κ3) is 6.09. The molecule has 4 aromatic carbocycles. The van der Waals surface area contributed by atoms with Gasteiger partial charge in [-0.1, -0.05) is 54.6 Å². The lowest BCUT2D eigenvalue weighted by Gasteiger charge is -2.14. The third-order valence-electron chi connectivity index (χ3n) is 5.38. The summed E-state index contributed by atoms with van der Waals surface area (Å²) in [4.78, 5) is 25.7. The van der Waals surface area contributed by atoms with Gasteiger partial charge < -0.3 is 24.8 Å². The average Bonchev–Trinajstić information content (AvgIpc) is 2.90. The van der Waals surface area contributed by atoms with Crippen LogP contribution >= 0.6 is 0 Å². The Morgan fingerprint density at radius 1 is 0.771 bits per heavy atom. The molecule has 0 aliphatic heterocycles. The van der Waals surface area contributed by atoms with Crippen molar-refractivity contribution in [3.05, 3.63) is 96.1 Å². The van der Waals surface area contributed by atoms with Crippen molar-refractivity contribution in [2.45, 2.75) is 6.54 Å². The van der Waals surface area contributed by atoms with Crippen LogP contribution in [0.3, 0.4) is 0 Å². The summed E-state index contributed by atoms with van der Waals surface area (Å²) in [6, 6.07) is 25.9. The van der Waals surface area contributed by atoms with Crippen LogP contribution in [0.5, 0.6) is 17.2 Å². The van der Waals surface area contributed by atoms with Gasteiger partial charge in [-0.2, -0.15) is 0 Å². The molecule has 4 rings (SSSR count). The van der Waals surface area contributed by atoms with Crippen LogP contribution in [0.25, 0.3) is 10.8 Å². The van der Waals surface area contributed by atoms with E-state index in [0.29, 0.717) is 35.0 Å². The molecule has 4 aromatic rings. The number of methoxy groups -OCH3 is 2. The first-order valence-corrected chi connectivity index (χ1v) is 11.1. The van der Waals surface area contributed by atoms with Crippen molar-refractivity contribution in [3.63, 3.8) is 0 Å². The molecule has 178 valence electrons. The van der Waals surface area contributed by atoms with Crippen LogP contribution in [0.4, 0.5) is 5.69 Å². The number of amides is 2. The van der Waals surface area contributed by atoms with Crippen molar-refractivity contribution in [1.29, 1.82) is 0 Å². The van der Waals surface area contributed by atoms with Gasteiger partial charge in [-0.05, 0) is 28.5 Å². The molecule has 0 heterocycles. The zero-order chi connectivity index (χ0) is 24.6. The summed E-state index contributed by atoms with van der Waals surface area (Å²) in [6.07, 6.45) is 0. The first-order valence-electron chi connectivity index (χ1n) is 11.1. The number of carbonyl (C=O) groups excluding carboxylic acids is 2. The smallest absolute Gasteiger partial charge is 0.262 e. The van der Waals surface area contributed by atoms with Gasteiger partial charge in [0.05, 0.1) is 19.8 Å². The van der Waals surface area contributed by atoms with E-state index in [0.717, 1.165) is 16.3 Å². The number of nitrogens with one attached hydrogen (secondary N) is 2. The molecule has 0 aliphatic rings. The molecule has 0 radical (unpaired) electrons. The summed E-state index contributed by atoms with van der Waals surface area (Å²) in [6.45, 7) is 0.0981. The van der Waals surface area contributed by atoms with Gasteiger partial charge in [0.25, 0.3) is 11.8 Å². The summed E-state index contributed by atoms with van der Waals surface area (Å²) in [5.41, 5.74) is 1.85. The second-order valence-corrected chi connectivity index (χ2v) is 7.80. The predicted molar refractivity (Wildman–Crippen MR) is 135 cm³/mol. The molecule has 0 aliphatic carbocycles. The Labute approximate surface area is 203 Å². The van der Waals surface area contributed by atoms with E-state index >= 15 is 0 Å². The fourth-order valence-corrected chi connectivity index (χ4v) is 3.61. The first-order chi connectivity index (χ1) is 17.1. The normalized spacial score (nSPS) is 10.5. The minimum atomic E-state index is -0.385. The van der Waals surface area contributed by atoms with Crippen LogP contribution in [-0.2, 0) is 11.3 Å². The SMILES string of the molecule is COc1cc(NC(=O)COc2cc3ccccc3cc2C(=O)NCc2ccccc2)cc(OC)c1. The van der Waals surface area contributed by atoms with Crippen molar-refractivity contribution in [1.82, 2.24) is 5.32 Å². The van der Waals surface area contributed by atoms with Crippen molar-refractivity contribution in [2.75, 3.05) is 26.1 Å². The highest BCUT2D eigenvalue weighted by molar-refractivity contribution is 6.02. The number of anilines is 1. The van der Waals surface area contributed by atoms with Gasteiger partial charge in [0.2, 0.25) is 0 Å². The zero-order valence-electron chi connectivity index (χ0n) is 19.5. The monoisotopic (exact) mass is 470 g/mol. The summed E-state index contributed by atoms with van der Waals surface area (Å²) < 4.78 is 16.3. The highest BCUT2D eigenvalue weighted by Crippen LogP contribution is 2.28. The minimum absolute atomic E-state index is 0.281. The van der Waals surface area contributed by atoms with Gasteiger partial charge in [0, 0.05) is 30.4 Å². The number of benzene rings is 4. The van der Waals surface area contributed by atoms with E-state index in [2.05, 4.69) is 10.6 Å². The molecule has 0 bridgehead atoms. The molecule has 0 saturated carbocycles. The van der Waals surface area contributed by atoms with E-state index in [4.69, 9.17) is 14.2 Å². The molecule has 0 atom stereocenters. The summed E-state index contributed by atoms with van der Waals surface area (Å²) in [5.74, 6) is 0.754. The standard InChI is InChI=1S/C28H26N2O5/c1-33-23-14-22(15-24(16-23)34-2)30-27(31)18-35-26-13-21-11-7-6-10-20(21)12-25(26)28(32)29-17-19-8-4-3-5-9-19/h3-16H,17-18H2,1-2H3,(H,29,32)(H,30,31). The van der Waals surface area contributed by atoms with Crippen LogP contribution in [0.1, 0.15) is 15.9 Å². The number of hydrogen-bond donors (Lipinski definition) is 2. The van der Waals surface area contributed by atoms with Gasteiger partial charge in [-0.25, -0.2) is 0 Å². The molecule has 0 saturated heterocycles. The molecule has 35 heavy (non-hydrogen) atoms. The molecular weight excluding hydrogens is 444 g/mol. The van der Waals surface area contributed by atoms with Crippen LogP contribution in [0.15, 0.2) is 84.9 Å². The number of carbonyl (C=O) groups is 2. The minimum Gasteiger partial charge on any atom is -0.497 e. The second kappa shape index (κ2) is 11.1. The van der Waals surface area contributed by atoms with E-state index in [9.17, 15) is 9.59 Å². The Morgan fingerprint density at radius 2 is 1.40 bits per heavy atom. The maximum atomic E-state index is 13.0. The molecule has 0 fully saturated rings. The molecule has 2 N–H and O–H groups in total. The maximum absolute atomic E-state index is 13.0. The lowest BCUT2D eigenvalue weighted by Crippen LogP contribution is -2.25. The van der Waals surface area contributed by atoms with Gasteiger partial charge in [-0.3, -0.25) is 9.59 Å².